The molecule has 0 radical (unpaired) electrons. The number of aliphatic hydroxyl groups is 1. The van der Waals surface area contributed by atoms with Crippen LogP contribution < -0.4 is 10.1 Å². The first-order valence-electron chi connectivity index (χ1n) is 8.70. The van der Waals surface area contributed by atoms with Crippen molar-refractivity contribution in [3.8, 4) is 5.75 Å². The Morgan fingerprint density at radius 3 is 2.58 bits per heavy atom. The highest BCUT2D eigenvalue weighted by Crippen LogP contribution is 2.30. The van der Waals surface area contributed by atoms with Gasteiger partial charge in [-0.05, 0) is 29.0 Å². The molecule has 1 atom stereocenters. The second kappa shape index (κ2) is 8.45. The number of carbonyl (C=O) groups excluding carboxylic acids is 1. The van der Waals surface area contributed by atoms with Crippen LogP contribution in [0.3, 0.4) is 0 Å². The molecule has 1 aromatic heterocycles. The molecule has 0 aliphatic carbocycles. The van der Waals surface area contributed by atoms with Gasteiger partial charge in [0.05, 0.1) is 4.88 Å². The fourth-order valence-electron chi connectivity index (χ4n) is 2.75. The van der Waals surface area contributed by atoms with Gasteiger partial charge in [0.15, 0.2) is 0 Å². The van der Waals surface area contributed by atoms with Gasteiger partial charge in [-0.1, -0.05) is 44.2 Å². The van der Waals surface area contributed by atoms with Crippen molar-refractivity contribution in [2.75, 3.05) is 13.2 Å². The lowest BCUT2D eigenvalue weighted by Crippen LogP contribution is -2.35. The number of aliphatic hydroxyl groups excluding tert-OH is 1. The molecule has 136 valence electrons. The molecule has 3 rings (SSSR count). The summed E-state index contributed by atoms with van der Waals surface area (Å²) in [5.41, 5.74) is 0.664. The van der Waals surface area contributed by atoms with E-state index in [4.69, 9.17) is 4.74 Å². The topological polar surface area (TPSA) is 58.6 Å². The lowest BCUT2D eigenvalue weighted by molar-refractivity contribution is 0.104. The molecule has 3 aromatic rings. The molecule has 1 unspecified atom stereocenters. The van der Waals surface area contributed by atoms with Gasteiger partial charge >= 0.3 is 0 Å². The molecule has 1 heterocycles. The summed E-state index contributed by atoms with van der Waals surface area (Å²) < 4.78 is 5.84. The van der Waals surface area contributed by atoms with Crippen LogP contribution in [0.15, 0.2) is 53.9 Å². The van der Waals surface area contributed by atoms with Crippen molar-refractivity contribution >= 4 is 27.9 Å². The quantitative estimate of drug-likeness (QED) is 0.592. The van der Waals surface area contributed by atoms with Gasteiger partial charge in [0, 0.05) is 23.5 Å². The van der Waals surface area contributed by atoms with Gasteiger partial charge < -0.3 is 15.2 Å². The minimum atomic E-state index is -0.594. The Kier molecular flexibility index (Phi) is 6.04. The van der Waals surface area contributed by atoms with Crippen LogP contribution in [0.4, 0.5) is 0 Å². The summed E-state index contributed by atoms with van der Waals surface area (Å²) in [7, 11) is 0. The number of hydrogen-bond acceptors (Lipinski definition) is 5. The van der Waals surface area contributed by atoms with Crippen molar-refractivity contribution < 1.29 is 14.6 Å². The minimum Gasteiger partial charge on any atom is -0.490 e. The predicted molar refractivity (Wildman–Crippen MR) is 106 cm³/mol. The van der Waals surface area contributed by atoms with E-state index in [0.29, 0.717) is 23.9 Å². The maximum atomic E-state index is 12.8. The Balaban J connectivity index is 1.83. The van der Waals surface area contributed by atoms with Gasteiger partial charge in [0.1, 0.15) is 18.5 Å². The molecule has 0 spiro atoms. The number of nitrogens with one attached hydrogen (secondary N) is 1. The van der Waals surface area contributed by atoms with Gasteiger partial charge in [-0.2, -0.15) is 0 Å². The molecule has 0 aliphatic rings. The minimum absolute atomic E-state index is 0.0175. The number of ether oxygens (including phenoxy) is 1. The van der Waals surface area contributed by atoms with Crippen LogP contribution in [-0.4, -0.2) is 36.2 Å². The molecule has 0 bridgehead atoms. The number of hydrogen-bond donors (Lipinski definition) is 2. The van der Waals surface area contributed by atoms with Gasteiger partial charge in [0.2, 0.25) is 5.78 Å². The second-order valence-electron chi connectivity index (χ2n) is 6.49. The Morgan fingerprint density at radius 1 is 1.12 bits per heavy atom. The van der Waals surface area contributed by atoms with E-state index in [1.807, 2.05) is 61.7 Å². The fourth-order valence-corrected chi connectivity index (χ4v) is 3.43. The van der Waals surface area contributed by atoms with Crippen LogP contribution >= 0.6 is 11.3 Å². The van der Waals surface area contributed by atoms with E-state index in [9.17, 15) is 9.90 Å². The first kappa shape index (κ1) is 18.6. The lowest BCUT2D eigenvalue weighted by Gasteiger charge is -2.16. The smallest absolute Gasteiger partial charge is 0.203 e. The molecule has 2 N–H and O–H groups in total. The zero-order chi connectivity index (χ0) is 18.5. The maximum Gasteiger partial charge on any atom is 0.203 e. The van der Waals surface area contributed by atoms with E-state index in [-0.39, 0.29) is 12.4 Å². The summed E-state index contributed by atoms with van der Waals surface area (Å²) in [6, 6.07) is 15.4. The van der Waals surface area contributed by atoms with Crippen LogP contribution in [0.25, 0.3) is 10.8 Å². The lowest BCUT2D eigenvalue weighted by atomic mass is 10.00. The highest BCUT2D eigenvalue weighted by atomic mass is 32.1. The molecule has 0 amide bonds. The fraction of sp³-hybridized carbons (Fsp3) is 0.286. The van der Waals surface area contributed by atoms with Crippen molar-refractivity contribution in [2.24, 2.45) is 0 Å². The zero-order valence-corrected chi connectivity index (χ0v) is 15.8. The van der Waals surface area contributed by atoms with E-state index < -0.39 is 6.10 Å². The number of thiophene rings is 1. The largest absolute Gasteiger partial charge is 0.490 e. The van der Waals surface area contributed by atoms with Gasteiger partial charge in [0.25, 0.3) is 0 Å². The first-order valence-corrected chi connectivity index (χ1v) is 9.58. The summed E-state index contributed by atoms with van der Waals surface area (Å²) in [5, 5.41) is 16.9. The van der Waals surface area contributed by atoms with Gasteiger partial charge in [-0.3, -0.25) is 4.79 Å². The average molecular weight is 369 g/mol. The number of benzene rings is 2. The van der Waals surface area contributed by atoms with E-state index in [2.05, 4.69) is 5.32 Å². The van der Waals surface area contributed by atoms with Gasteiger partial charge in [-0.25, -0.2) is 0 Å². The maximum absolute atomic E-state index is 12.8. The third-order valence-electron chi connectivity index (χ3n) is 4.07. The van der Waals surface area contributed by atoms with Crippen molar-refractivity contribution in [1.82, 2.24) is 5.32 Å². The van der Waals surface area contributed by atoms with E-state index in [1.165, 1.54) is 11.3 Å². The van der Waals surface area contributed by atoms with Gasteiger partial charge in [-0.15, -0.1) is 11.3 Å². The third-order valence-corrected chi connectivity index (χ3v) is 4.94. The van der Waals surface area contributed by atoms with Crippen LogP contribution in [0.5, 0.6) is 5.75 Å². The molecule has 0 aliphatic heterocycles. The van der Waals surface area contributed by atoms with Crippen LogP contribution in [0.2, 0.25) is 0 Å². The molecule has 5 heteroatoms. The monoisotopic (exact) mass is 369 g/mol. The van der Waals surface area contributed by atoms with Crippen LogP contribution in [-0.2, 0) is 0 Å². The Labute approximate surface area is 157 Å². The van der Waals surface area contributed by atoms with Crippen LogP contribution in [0.1, 0.15) is 29.1 Å². The molecule has 2 aromatic carbocycles. The van der Waals surface area contributed by atoms with Crippen molar-refractivity contribution in [2.45, 2.75) is 26.0 Å². The summed E-state index contributed by atoms with van der Waals surface area (Å²) in [6.07, 6.45) is -0.594. The summed E-state index contributed by atoms with van der Waals surface area (Å²) >= 11 is 1.44. The second-order valence-corrected chi connectivity index (χ2v) is 7.44. The van der Waals surface area contributed by atoms with E-state index >= 15 is 0 Å². The third kappa shape index (κ3) is 4.30. The molecular weight excluding hydrogens is 346 g/mol. The van der Waals surface area contributed by atoms with Crippen molar-refractivity contribution in [1.29, 1.82) is 0 Å². The summed E-state index contributed by atoms with van der Waals surface area (Å²) in [5.74, 6) is 0.691. The molecule has 0 saturated heterocycles. The molecule has 4 nitrogen and oxygen atoms in total. The Morgan fingerprint density at radius 2 is 1.88 bits per heavy atom. The summed E-state index contributed by atoms with van der Waals surface area (Å²) in [6.45, 7) is 4.74. The highest BCUT2D eigenvalue weighted by molar-refractivity contribution is 7.12. The Hall–Kier alpha value is -2.21. The number of fused-ring (bicyclic) bond motifs is 1. The number of carbonyl (C=O) groups is 1. The SMILES string of the molecule is CC(C)NCC(O)COc1ccc(C(=O)c2cccs2)c2ccccc12. The molecule has 0 saturated carbocycles. The van der Waals surface area contributed by atoms with Crippen molar-refractivity contribution in [3.63, 3.8) is 0 Å². The van der Waals surface area contributed by atoms with E-state index in [0.717, 1.165) is 15.6 Å². The molecular formula is C21H23NO3S. The average Bonchev–Trinajstić information content (AvgIpc) is 3.18. The number of rotatable bonds is 8. The Bertz CT molecular complexity index is 874. The standard InChI is InChI=1S/C21H23NO3S/c1-14(2)22-12-15(23)13-25-19-10-9-18(16-6-3-4-7-17(16)19)21(24)20-8-5-11-26-20/h3-11,14-15,22-23H,12-13H2,1-2H3. The highest BCUT2D eigenvalue weighted by Gasteiger charge is 2.16. The normalized spacial score (nSPS) is 12.5. The van der Waals surface area contributed by atoms with E-state index in [1.54, 1.807) is 6.07 Å². The van der Waals surface area contributed by atoms with Crippen molar-refractivity contribution in [3.05, 3.63) is 64.4 Å². The number of ketones is 1. The predicted octanol–water partition coefficient (Wildman–Crippen LogP) is 3.87. The molecule has 0 fully saturated rings. The first-order chi connectivity index (χ1) is 12.6. The van der Waals surface area contributed by atoms with Crippen LogP contribution in [0, 0.1) is 0 Å². The molecule has 26 heavy (non-hydrogen) atoms. The zero-order valence-electron chi connectivity index (χ0n) is 14.9. The summed E-state index contributed by atoms with van der Waals surface area (Å²) in [4.78, 5) is 13.5.